The predicted molar refractivity (Wildman–Crippen MR) is 117 cm³/mol. The van der Waals surface area contributed by atoms with E-state index in [1.54, 1.807) is 7.11 Å². The average Bonchev–Trinajstić information content (AvgIpc) is 2.78. The van der Waals surface area contributed by atoms with E-state index in [1.165, 1.54) is 0 Å². The van der Waals surface area contributed by atoms with Crippen LogP contribution in [0.3, 0.4) is 0 Å². The fraction of sp³-hybridized carbons (Fsp3) is 0.200. The molecule has 0 aliphatic rings. The topological polar surface area (TPSA) is 64.6 Å². The molecule has 5 nitrogen and oxygen atoms in total. The first-order chi connectivity index (χ1) is 14.7. The summed E-state index contributed by atoms with van der Waals surface area (Å²) in [4.78, 5) is 24.3. The summed E-state index contributed by atoms with van der Waals surface area (Å²) in [5, 5.41) is 2.84. The largest absolute Gasteiger partial charge is 0.496 e. The van der Waals surface area contributed by atoms with E-state index in [9.17, 15) is 9.59 Å². The number of hydrogen-bond donors (Lipinski definition) is 1. The molecule has 0 bridgehead atoms. The fourth-order valence-electron chi connectivity index (χ4n) is 3.16. The predicted octanol–water partition coefficient (Wildman–Crippen LogP) is 4.40. The Morgan fingerprint density at radius 2 is 1.50 bits per heavy atom. The number of nitrogens with one attached hydrogen (secondary N) is 1. The van der Waals surface area contributed by atoms with Crippen molar-refractivity contribution in [1.82, 2.24) is 0 Å². The first-order valence-corrected chi connectivity index (χ1v) is 9.85. The van der Waals surface area contributed by atoms with Gasteiger partial charge in [0, 0.05) is 12.1 Å². The molecule has 0 saturated carbocycles. The van der Waals surface area contributed by atoms with Gasteiger partial charge in [-0.05, 0) is 41.7 Å². The molecule has 0 unspecified atom stereocenters. The van der Waals surface area contributed by atoms with Crippen LogP contribution in [-0.2, 0) is 27.2 Å². The van der Waals surface area contributed by atoms with Crippen molar-refractivity contribution in [3.63, 3.8) is 0 Å². The van der Waals surface area contributed by atoms with Crippen LogP contribution in [0.5, 0.6) is 5.75 Å². The number of carbonyl (C=O) groups is 2. The third-order valence-corrected chi connectivity index (χ3v) is 4.68. The second-order valence-corrected chi connectivity index (χ2v) is 6.84. The third kappa shape index (κ3) is 6.21. The van der Waals surface area contributed by atoms with Crippen molar-refractivity contribution in [2.24, 2.45) is 0 Å². The molecule has 0 aliphatic heterocycles. The quantitative estimate of drug-likeness (QED) is 0.538. The van der Waals surface area contributed by atoms with Gasteiger partial charge in [-0.2, -0.15) is 0 Å². The van der Waals surface area contributed by atoms with E-state index in [4.69, 9.17) is 9.47 Å². The Balaban J connectivity index is 1.49. The number of ether oxygens (including phenoxy) is 2. The number of amides is 1. The van der Waals surface area contributed by atoms with Gasteiger partial charge in [0.15, 0.2) is 6.61 Å². The van der Waals surface area contributed by atoms with Crippen LogP contribution in [0.2, 0.25) is 0 Å². The van der Waals surface area contributed by atoms with Crippen molar-refractivity contribution in [2.45, 2.75) is 19.3 Å². The molecule has 5 heteroatoms. The molecule has 3 rings (SSSR count). The van der Waals surface area contributed by atoms with Crippen molar-refractivity contribution in [1.29, 1.82) is 0 Å². The van der Waals surface area contributed by atoms with Crippen molar-refractivity contribution < 1.29 is 19.1 Å². The highest BCUT2D eigenvalue weighted by Gasteiger charge is 2.11. The highest BCUT2D eigenvalue weighted by atomic mass is 16.5. The second kappa shape index (κ2) is 10.8. The van der Waals surface area contributed by atoms with Gasteiger partial charge in [-0.1, -0.05) is 66.7 Å². The first-order valence-electron chi connectivity index (χ1n) is 9.85. The number of hydrogen-bond acceptors (Lipinski definition) is 4. The summed E-state index contributed by atoms with van der Waals surface area (Å²) in [5.74, 6) is -0.0483. The second-order valence-electron chi connectivity index (χ2n) is 6.84. The minimum Gasteiger partial charge on any atom is -0.496 e. The van der Waals surface area contributed by atoms with Gasteiger partial charge in [-0.25, -0.2) is 0 Å². The molecule has 0 saturated heterocycles. The molecular weight excluding hydrogens is 378 g/mol. The van der Waals surface area contributed by atoms with Crippen LogP contribution in [0, 0.1) is 0 Å². The molecule has 1 amide bonds. The molecule has 0 atom stereocenters. The molecular formula is C25H25NO4. The summed E-state index contributed by atoms with van der Waals surface area (Å²) in [7, 11) is 1.59. The van der Waals surface area contributed by atoms with Crippen molar-refractivity contribution in [3.05, 3.63) is 95.6 Å². The van der Waals surface area contributed by atoms with Crippen LogP contribution in [0.25, 0.3) is 0 Å². The number of methoxy groups -OCH3 is 1. The van der Waals surface area contributed by atoms with Crippen molar-refractivity contribution in [3.8, 4) is 5.75 Å². The number of esters is 1. The molecule has 0 aliphatic carbocycles. The van der Waals surface area contributed by atoms with E-state index in [0.29, 0.717) is 12.8 Å². The van der Waals surface area contributed by atoms with Gasteiger partial charge in [-0.15, -0.1) is 0 Å². The van der Waals surface area contributed by atoms with Crippen LogP contribution >= 0.6 is 0 Å². The lowest BCUT2D eigenvalue weighted by Crippen LogP contribution is -2.21. The van der Waals surface area contributed by atoms with Crippen LogP contribution in [0.4, 0.5) is 5.69 Å². The van der Waals surface area contributed by atoms with Crippen LogP contribution in [0.15, 0.2) is 78.9 Å². The van der Waals surface area contributed by atoms with E-state index in [0.717, 1.165) is 28.1 Å². The van der Waals surface area contributed by atoms with E-state index < -0.39 is 5.97 Å². The highest BCUT2D eigenvalue weighted by molar-refractivity contribution is 5.93. The summed E-state index contributed by atoms with van der Waals surface area (Å²) in [6, 6.07) is 25.2. The number of anilines is 1. The summed E-state index contributed by atoms with van der Waals surface area (Å²) in [5.41, 5.74) is 3.80. The SMILES string of the molecule is COc1ccccc1CCC(=O)OCC(=O)Nc1ccccc1Cc1ccccc1. The Morgan fingerprint density at radius 1 is 0.833 bits per heavy atom. The van der Waals surface area contributed by atoms with Crippen molar-refractivity contribution in [2.75, 3.05) is 19.0 Å². The zero-order valence-corrected chi connectivity index (χ0v) is 17.0. The number of rotatable bonds is 9. The number of aryl methyl sites for hydroxylation is 1. The van der Waals surface area contributed by atoms with Crippen LogP contribution in [0.1, 0.15) is 23.1 Å². The smallest absolute Gasteiger partial charge is 0.306 e. The van der Waals surface area contributed by atoms with Gasteiger partial charge in [0.25, 0.3) is 5.91 Å². The van der Waals surface area contributed by atoms with Gasteiger partial charge in [-0.3, -0.25) is 9.59 Å². The molecule has 154 valence electrons. The molecule has 0 aromatic heterocycles. The normalized spacial score (nSPS) is 10.3. The highest BCUT2D eigenvalue weighted by Crippen LogP contribution is 2.20. The Labute approximate surface area is 176 Å². The lowest BCUT2D eigenvalue weighted by atomic mass is 10.0. The molecule has 1 N–H and O–H groups in total. The minimum absolute atomic E-state index is 0.179. The van der Waals surface area contributed by atoms with Crippen molar-refractivity contribution >= 4 is 17.6 Å². The number of para-hydroxylation sites is 2. The maximum absolute atomic E-state index is 12.3. The maximum Gasteiger partial charge on any atom is 0.306 e. The van der Waals surface area contributed by atoms with E-state index in [1.807, 2.05) is 78.9 Å². The standard InChI is InChI=1S/C25H25NO4/c1-29-23-14-8-6-11-20(23)15-16-25(28)30-18-24(27)26-22-13-7-5-12-21(22)17-19-9-3-2-4-10-19/h2-14H,15-18H2,1H3,(H,26,27). The molecule has 30 heavy (non-hydrogen) atoms. The van der Waals surface area contributed by atoms with Gasteiger partial charge >= 0.3 is 5.97 Å². The zero-order valence-electron chi connectivity index (χ0n) is 17.0. The lowest BCUT2D eigenvalue weighted by Gasteiger charge is -2.12. The Hall–Kier alpha value is -3.60. The van der Waals surface area contributed by atoms with Crippen LogP contribution in [-0.4, -0.2) is 25.6 Å². The van der Waals surface area contributed by atoms with E-state index >= 15 is 0 Å². The zero-order chi connectivity index (χ0) is 21.2. The minimum atomic E-state index is -0.423. The van der Waals surface area contributed by atoms with E-state index in [2.05, 4.69) is 5.32 Å². The monoisotopic (exact) mass is 403 g/mol. The lowest BCUT2D eigenvalue weighted by molar-refractivity contribution is -0.147. The molecule has 3 aromatic carbocycles. The molecule has 0 heterocycles. The first kappa shape index (κ1) is 21.1. The van der Waals surface area contributed by atoms with Gasteiger partial charge in [0.1, 0.15) is 5.75 Å². The summed E-state index contributed by atoms with van der Waals surface area (Å²) in [6.07, 6.45) is 1.37. The molecule has 0 radical (unpaired) electrons. The Kier molecular flexibility index (Phi) is 7.61. The third-order valence-electron chi connectivity index (χ3n) is 4.68. The van der Waals surface area contributed by atoms with Gasteiger partial charge < -0.3 is 14.8 Å². The van der Waals surface area contributed by atoms with Gasteiger partial charge in [0.2, 0.25) is 0 Å². The van der Waals surface area contributed by atoms with Gasteiger partial charge in [0.05, 0.1) is 7.11 Å². The van der Waals surface area contributed by atoms with E-state index in [-0.39, 0.29) is 18.9 Å². The summed E-state index contributed by atoms with van der Waals surface area (Å²) in [6.45, 7) is -0.315. The Morgan fingerprint density at radius 3 is 2.27 bits per heavy atom. The number of benzene rings is 3. The van der Waals surface area contributed by atoms with Crippen LogP contribution < -0.4 is 10.1 Å². The Bertz CT molecular complexity index is 985. The molecule has 0 spiro atoms. The average molecular weight is 403 g/mol. The maximum atomic E-state index is 12.3. The summed E-state index contributed by atoms with van der Waals surface area (Å²) >= 11 is 0. The number of carbonyl (C=O) groups excluding carboxylic acids is 2. The fourth-order valence-corrected chi connectivity index (χ4v) is 3.16. The summed E-state index contributed by atoms with van der Waals surface area (Å²) < 4.78 is 10.4. The molecule has 0 fully saturated rings. The molecule has 3 aromatic rings.